The van der Waals surface area contributed by atoms with Crippen LogP contribution in [0.4, 0.5) is 10.2 Å². The number of halogens is 1. The van der Waals surface area contributed by atoms with E-state index in [1.54, 1.807) is 0 Å². The molecule has 0 saturated carbocycles. The molecular formula is C13H20FN3O. The molecule has 1 aliphatic heterocycles. The van der Waals surface area contributed by atoms with Crippen molar-refractivity contribution in [2.75, 3.05) is 24.6 Å². The number of nitrogens with zero attached hydrogens (tertiary/aromatic N) is 3. The molecule has 4 nitrogen and oxygen atoms in total. The molecule has 0 radical (unpaired) electrons. The van der Waals surface area contributed by atoms with Gasteiger partial charge < -0.3 is 9.64 Å². The van der Waals surface area contributed by atoms with Crippen LogP contribution in [0.25, 0.3) is 0 Å². The molecule has 2 heterocycles. The first-order valence-corrected chi connectivity index (χ1v) is 6.71. The summed E-state index contributed by atoms with van der Waals surface area (Å²) in [4.78, 5) is 9.93. The number of anilines is 1. The maximum atomic E-state index is 14.2. The van der Waals surface area contributed by atoms with E-state index in [0.29, 0.717) is 12.4 Å². The molecule has 1 aromatic rings. The van der Waals surface area contributed by atoms with E-state index in [0.717, 1.165) is 32.4 Å². The summed E-state index contributed by atoms with van der Waals surface area (Å²) >= 11 is 0. The van der Waals surface area contributed by atoms with Crippen molar-refractivity contribution < 1.29 is 9.13 Å². The van der Waals surface area contributed by atoms with Gasteiger partial charge in [-0.15, -0.1) is 0 Å². The zero-order valence-corrected chi connectivity index (χ0v) is 10.9. The van der Waals surface area contributed by atoms with Gasteiger partial charge in [-0.1, -0.05) is 19.8 Å². The highest BCUT2D eigenvalue weighted by Crippen LogP contribution is 2.25. The first-order chi connectivity index (χ1) is 8.83. The first-order valence-electron chi connectivity index (χ1n) is 6.71. The zero-order valence-electron chi connectivity index (χ0n) is 10.9. The quantitative estimate of drug-likeness (QED) is 0.827. The second-order valence-corrected chi connectivity index (χ2v) is 4.57. The monoisotopic (exact) mass is 253 g/mol. The van der Waals surface area contributed by atoms with E-state index >= 15 is 0 Å². The maximum absolute atomic E-state index is 14.2. The van der Waals surface area contributed by atoms with Crippen LogP contribution >= 0.6 is 0 Å². The molecule has 0 spiro atoms. The van der Waals surface area contributed by atoms with E-state index in [9.17, 15) is 4.39 Å². The molecular weight excluding hydrogens is 233 g/mol. The third-order valence-electron chi connectivity index (χ3n) is 3.09. The van der Waals surface area contributed by atoms with Gasteiger partial charge >= 0.3 is 0 Å². The summed E-state index contributed by atoms with van der Waals surface area (Å²) in [5.41, 5.74) is 0. The molecule has 0 aromatic carbocycles. The van der Waals surface area contributed by atoms with Crippen LogP contribution in [0.1, 0.15) is 39.0 Å². The van der Waals surface area contributed by atoms with Crippen LogP contribution in [0.3, 0.4) is 0 Å². The Morgan fingerprint density at radius 2 is 1.94 bits per heavy atom. The SMILES string of the molecule is CCCOc1ncnc(N2CCCCCC2)c1F. The second kappa shape index (κ2) is 6.52. The van der Waals surface area contributed by atoms with Gasteiger partial charge in [-0.3, -0.25) is 0 Å². The minimum Gasteiger partial charge on any atom is -0.475 e. The number of rotatable bonds is 4. The summed E-state index contributed by atoms with van der Waals surface area (Å²) in [6, 6.07) is 0. The number of hydrogen-bond donors (Lipinski definition) is 0. The summed E-state index contributed by atoms with van der Waals surface area (Å²) in [6.45, 7) is 4.19. The Kier molecular flexibility index (Phi) is 4.73. The van der Waals surface area contributed by atoms with Gasteiger partial charge in [0.1, 0.15) is 6.33 Å². The lowest BCUT2D eigenvalue weighted by atomic mass is 10.2. The predicted octanol–water partition coefficient (Wildman–Crippen LogP) is 2.78. The second-order valence-electron chi connectivity index (χ2n) is 4.57. The van der Waals surface area contributed by atoms with Crippen molar-refractivity contribution in [2.45, 2.75) is 39.0 Å². The molecule has 0 atom stereocenters. The Morgan fingerprint density at radius 1 is 1.22 bits per heavy atom. The van der Waals surface area contributed by atoms with Gasteiger partial charge in [0.2, 0.25) is 5.82 Å². The fraction of sp³-hybridized carbons (Fsp3) is 0.692. The average Bonchev–Trinajstić information content (AvgIpc) is 2.66. The zero-order chi connectivity index (χ0) is 12.8. The fourth-order valence-electron chi connectivity index (χ4n) is 2.15. The molecule has 1 aliphatic rings. The molecule has 0 bridgehead atoms. The highest BCUT2D eigenvalue weighted by molar-refractivity contribution is 5.43. The number of hydrogen-bond acceptors (Lipinski definition) is 4. The highest BCUT2D eigenvalue weighted by atomic mass is 19.1. The van der Waals surface area contributed by atoms with Crippen LogP contribution < -0.4 is 9.64 Å². The maximum Gasteiger partial charge on any atom is 0.255 e. The third-order valence-corrected chi connectivity index (χ3v) is 3.09. The van der Waals surface area contributed by atoms with Crippen molar-refractivity contribution in [3.05, 3.63) is 12.1 Å². The number of ether oxygens (including phenoxy) is 1. The van der Waals surface area contributed by atoms with Gasteiger partial charge in [0, 0.05) is 13.1 Å². The smallest absolute Gasteiger partial charge is 0.255 e. The normalized spacial score (nSPS) is 16.4. The van der Waals surface area contributed by atoms with Gasteiger partial charge in [0.25, 0.3) is 5.88 Å². The molecule has 0 amide bonds. The van der Waals surface area contributed by atoms with Crippen LogP contribution in [0.2, 0.25) is 0 Å². The molecule has 1 aromatic heterocycles. The lowest BCUT2D eigenvalue weighted by Gasteiger charge is -2.22. The summed E-state index contributed by atoms with van der Waals surface area (Å²) in [7, 11) is 0. The molecule has 18 heavy (non-hydrogen) atoms. The standard InChI is InChI=1S/C13H20FN3O/c1-2-9-18-13-11(14)12(15-10-16-13)17-7-5-3-4-6-8-17/h10H,2-9H2,1H3. The average molecular weight is 253 g/mol. The van der Waals surface area contributed by atoms with E-state index < -0.39 is 5.82 Å². The van der Waals surface area contributed by atoms with Crippen molar-refractivity contribution in [2.24, 2.45) is 0 Å². The van der Waals surface area contributed by atoms with Crippen molar-refractivity contribution >= 4 is 5.82 Å². The van der Waals surface area contributed by atoms with E-state index in [2.05, 4.69) is 9.97 Å². The Morgan fingerprint density at radius 3 is 2.61 bits per heavy atom. The molecule has 5 heteroatoms. The molecule has 1 fully saturated rings. The summed E-state index contributed by atoms with van der Waals surface area (Å²) in [5, 5.41) is 0. The summed E-state index contributed by atoms with van der Waals surface area (Å²) in [5.74, 6) is 0.0388. The Bertz CT molecular complexity index is 378. The van der Waals surface area contributed by atoms with Crippen molar-refractivity contribution in [3.8, 4) is 5.88 Å². The Hall–Kier alpha value is -1.39. The fourth-order valence-corrected chi connectivity index (χ4v) is 2.15. The van der Waals surface area contributed by atoms with Crippen molar-refractivity contribution in [1.29, 1.82) is 0 Å². The minimum atomic E-state index is -0.423. The van der Waals surface area contributed by atoms with Gasteiger partial charge in [0.15, 0.2) is 5.82 Å². The molecule has 0 N–H and O–H groups in total. The highest BCUT2D eigenvalue weighted by Gasteiger charge is 2.19. The Labute approximate surface area is 107 Å². The van der Waals surface area contributed by atoms with Crippen LogP contribution in [-0.4, -0.2) is 29.7 Å². The van der Waals surface area contributed by atoms with Gasteiger partial charge in [-0.05, 0) is 19.3 Å². The topological polar surface area (TPSA) is 38.3 Å². The molecule has 1 saturated heterocycles. The minimum absolute atomic E-state index is 0.0751. The lowest BCUT2D eigenvalue weighted by molar-refractivity contribution is 0.287. The largest absolute Gasteiger partial charge is 0.475 e. The van der Waals surface area contributed by atoms with E-state index in [1.807, 2.05) is 11.8 Å². The molecule has 2 rings (SSSR count). The van der Waals surface area contributed by atoms with Crippen molar-refractivity contribution in [3.63, 3.8) is 0 Å². The first kappa shape index (κ1) is 13.1. The van der Waals surface area contributed by atoms with Crippen LogP contribution in [0, 0.1) is 5.82 Å². The van der Waals surface area contributed by atoms with Gasteiger partial charge in [-0.25, -0.2) is 4.98 Å². The summed E-state index contributed by atoms with van der Waals surface area (Å²) < 4.78 is 19.5. The predicted molar refractivity (Wildman–Crippen MR) is 68.5 cm³/mol. The molecule has 100 valence electrons. The van der Waals surface area contributed by atoms with Gasteiger partial charge in [-0.2, -0.15) is 9.37 Å². The lowest BCUT2D eigenvalue weighted by Crippen LogP contribution is -2.26. The number of aromatic nitrogens is 2. The van der Waals surface area contributed by atoms with Crippen LogP contribution in [0.15, 0.2) is 6.33 Å². The van der Waals surface area contributed by atoms with E-state index in [-0.39, 0.29) is 5.88 Å². The van der Waals surface area contributed by atoms with Crippen LogP contribution in [0.5, 0.6) is 5.88 Å². The van der Waals surface area contributed by atoms with Crippen LogP contribution in [-0.2, 0) is 0 Å². The third kappa shape index (κ3) is 3.09. The molecule has 0 unspecified atom stereocenters. The van der Waals surface area contributed by atoms with Crippen molar-refractivity contribution in [1.82, 2.24) is 9.97 Å². The summed E-state index contributed by atoms with van der Waals surface area (Å²) in [6.07, 6.45) is 6.82. The Balaban J connectivity index is 2.15. The van der Waals surface area contributed by atoms with E-state index in [4.69, 9.17) is 4.74 Å². The van der Waals surface area contributed by atoms with Gasteiger partial charge in [0.05, 0.1) is 6.61 Å². The van der Waals surface area contributed by atoms with E-state index in [1.165, 1.54) is 19.2 Å². The molecule has 0 aliphatic carbocycles.